The first kappa shape index (κ1) is 12.6. The Labute approximate surface area is 119 Å². The van der Waals surface area contributed by atoms with Crippen molar-refractivity contribution in [2.24, 2.45) is 0 Å². The number of nitrogens with one attached hydrogen (secondary N) is 2. The fourth-order valence-corrected chi connectivity index (χ4v) is 2.48. The van der Waals surface area contributed by atoms with E-state index in [2.05, 4.69) is 15.6 Å². The molecule has 1 aromatic heterocycles. The minimum atomic E-state index is -0.181. The molecular formula is C13H12N4O2S. The summed E-state index contributed by atoms with van der Waals surface area (Å²) in [6, 6.07) is 7.09. The van der Waals surface area contributed by atoms with Crippen molar-refractivity contribution in [1.82, 2.24) is 10.3 Å². The van der Waals surface area contributed by atoms with Crippen LogP contribution in [0, 0.1) is 0 Å². The monoisotopic (exact) mass is 288 g/mol. The van der Waals surface area contributed by atoms with Gasteiger partial charge in [-0.15, -0.1) is 11.3 Å². The summed E-state index contributed by atoms with van der Waals surface area (Å²) in [5.41, 5.74) is 3.12. The number of amides is 3. The second-order valence-electron chi connectivity index (χ2n) is 4.25. The van der Waals surface area contributed by atoms with Crippen molar-refractivity contribution in [2.45, 2.75) is 0 Å². The molecule has 1 aliphatic rings. The highest BCUT2D eigenvalue weighted by atomic mass is 32.1. The first-order valence-corrected chi connectivity index (χ1v) is 6.97. The summed E-state index contributed by atoms with van der Waals surface area (Å²) in [7, 11) is 0. The van der Waals surface area contributed by atoms with E-state index < -0.39 is 0 Å². The summed E-state index contributed by atoms with van der Waals surface area (Å²) in [4.78, 5) is 29.5. The molecule has 6 nitrogen and oxygen atoms in total. The van der Waals surface area contributed by atoms with Gasteiger partial charge in [0.1, 0.15) is 4.88 Å². The van der Waals surface area contributed by atoms with E-state index in [1.54, 1.807) is 22.5 Å². The van der Waals surface area contributed by atoms with Crippen LogP contribution in [0.1, 0.15) is 9.67 Å². The molecule has 0 radical (unpaired) electrons. The fraction of sp³-hybridized carbons (Fsp3) is 0.154. The molecule has 0 saturated carbocycles. The highest BCUT2D eigenvalue weighted by molar-refractivity contribution is 7.11. The van der Waals surface area contributed by atoms with Gasteiger partial charge in [0.25, 0.3) is 5.91 Å². The molecule has 20 heavy (non-hydrogen) atoms. The molecule has 0 unspecified atom stereocenters. The van der Waals surface area contributed by atoms with Gasteiger partial charge >= 0.3 is 6.03 Å². The number of carbonyl (C=O) groups excluding carboxylic acids is 2. The first-order chi connectivity index (χ1) is 9.74. The van der Waals surface area contributed by atoms with Crippen LogP contribution >= 0.6 is 11.3 Å². The molecule has 0 aliphatic carbocycles. The van der Waals surface area contributed by atoms with Gasteiger partial charge in [-0.05, 0) is 24.3 Å². The Bertz CT molecular complexity index is 624. The lowest BCUT2D eigenvalue weighted by molar-refractivity contribution is 0.103. The second kappa shape index (κ2) is 5.30. The van der Waals surface area contributed by atoms with Gasteiger partial charge in [0, 0.05) is 24.5 Å². The van der Waals surface area contributed by atoms with Crippen LogP contribution in [0.4, 0.5) is 16.2 Å². The number of rotatable bonds is 3. The largest absolute Gasteiger partial charge is 0.336 e. The zero-order valence-electron chi connectivity index (χ0n) is 10.5. The summed E-state index contributed by atoms with van der Waals surface area (Å²) < 4.78 is 0. The molecule has 2 aromatic rings. The number of anilines is 2. The third kappa shape index (κ3) is 2.48. The summed E-state index contributed by atoms with van der Waals surface area (Å²) in [5, 5.41) is 5.53. The van der Waals surface area contributed by atoms with E-state index in [1.807, 2.05) is 12.1 Å². The Morgan fingerprint density at radius 1 is 1.35 bits per heavy atom. The zero-order chi connectivity index (χ0) is 13.9. The number of aromatic nitrogens is 1. The van der Waals surface area contributed by atoms with E-state index in [-0.39, 0.29) is 11.9 Å². The van der Waals surface area contributed by atoms with Gasteiger partial charge in [-0.1, -0.05) is 0 Å². The molecule has 1 aromatic carbocycles. The normalized spacial score (nSPS) is 14.2. The molecular weight excluding hydrogens is 276 g/mol. The van der Waals surface area contributed by atoms with Crippen LogP contribution < -0.4 is 15.5 Å². The maximum Gasteiger partial charge on any atom is 0.321 e. The predicted molar refractivity (Wildman–Crippen MR) is 77.3 cm³/mol. The first-order valence-electron chi connectivity index (χ1n) is 6.09. The third-order valence-electron chi connectivity index (χ3n) is 2.95. The van der Waals surface area contributed by atoms with E-state index in [4.69, 9.17) is 0 Å². The Kier molecular flexibility index (Phi) is 3.34. The van der Waals surface area contributed by atoms with Crippen molar-refractivity contribution in [3.63, 3.8) is 0 Å². The smallest absolute Gasteiger partial charge is 0.321 e. The Morgan fingerprint density at radius 2 is 2.15 bits per heavy atom. The topological polar surface area (TPSA) is 74.3 Å². The van der Waals surface area contributed by atoms with E-state index in [9.17, 15) is 9.59 Å². The van der Waals surface area contributed by atoms with Gasteiger partial charge in [0.15, 0.2) is 0 Å². The molecule has 3 rings (SSSR count). The van der Waals surface area contributed by atoms with Gasteiger partial charge in [0.05, 0.1) is 11.7 Å². The average molecular weight is 288 g/mol. The average Bonchev–Trinajstić information content (AvgIpc) is 3.11. The zero-order valence-corrected chi connectivity index (χ0v) is 11.3. The predicted octanol–water partition coefficient (Wildman–Crippen LogP) is 1.92. The summed E-state index contributed by atoms with van der Waals surface area (Å²) in [6.45, 7) is 1.31. The van der Waals surface area contributed by atoms with Crippen LogP contribution in [0.5, 0.6) is 0 Å². The quantitative estimate of drug-likeness (QED) is 0.906. The molecule has 2 heterocycles. The van der Waals surface area contributed by atoms with E-state index in [0.29, 0.717) is 23.7 Å². The Morgan fingerprint density at radius 3 is 2.75 bits per heavy atom. The molecule has 1 saturated heterocycles. The van der Waals surface area contributed by atoms with Crippen LogP contribution in [0.2, 0.25) is 0 Å². The lowest BCUT2D eigenvalue weighted by Crippen LogP contribution is -2.27. The molecule has 102 valence electrons. The summed E-state index contributed by atoms with van der Waals surface area (Å²) in [5.74, 6) is -0.181. The summed E-state index contributed by atoms with van der Waals surface area (Å²) in [6.07, 6.45) is 1.53. The van der Waals surface area contributed by atoms with E-state index in [1.165, 1.54) is 17.5 Å². The summed E-state index contributed by atoms with van der Waals surface area (Å²) >= 11 is 1.29. The molecule has 7 heteroatoms. The number of thiazole rings is 1. The van der Waals surface area contributed by atoms with E-state index >= 15 is 0 Å². The standard InChI is InChI=1S/C13H12N4O2S/c18-12(11-7-14-8-20-11)16-9-1-3-10(4-2-9)17-6-5-15-13(17)19/h1-4,7-8H,5-6H2,(H,15,19)(H,16,18). The van der Waals surface area contributed by atoms with E-state index in [0.717, 1.165) is 5.69 Å². The number of carbonyl (C=O) groups is 2. The maximum atomic E-state index is 11.9. The van der Waals surface area contributed by atoms with Gasteiger partial charge in [-0.2, -0.15) is 0 Å². The SMILES string of the molecule is O=C(Nc1ccc(N2CCNC2=O)cc1)c1cncs1. The van der Waals surface area contributed by atoms with Gasteiger partial charge in [-0.25, -0.2) is 4.79 Å². The van der Waals surface area contributed by atoms with Crippen molar-refractivity contribution >= 4 is 34.6 Å². The van der Waals surface area contributed by atoms with Crippen molar-refractivity contribution in [2.75, 3.05) is 23.3 Å². The second-order valence-corrected chi connectivity index (χ2v) is 5.14. The fourth-order valence-electron chi connectivity index (χ4n) is 1.96. The minimum absolute atomic E-state index is 0.0913. The van der Waals surface area contributed by atoms with Gasteiger partial charge in [0.2, 0.25) is 0 Å². The van der Waals surface area contributed by atoms with Crippen LogP contribution in [0.25, 0.3) is 0 Å². The number of benzene rings is 1. The van der Waals surface area contributed by atoms with Crippen LogP contribution in [0.3, 0.4) is 0 Å². The minimum Gasteiger partial charge on any atom is -0.336 e. The third-order valence-corrected chi connectivity index (χ3v) is 3.72. The highest BCUT2D eigenvalue weighted by Gasteiger charge is 2.20. The number of urea groups is 1. The Balaban J connectivity index is 1.70. The van der Waals surface area contributed by atoms with Crippen molar-refractivity contribution in [1.29, 1.82) is 0 Å². The van der Waals surface area contributed by atoms with Crippen molar-refractivity contribution in [3.05, 3.63) is 40.8 Å². The number of hydrogen-bond donors (Lipinski definition) is 2. The lowest BCUT2D eigenvalue weighted by atomic mass is 10.2. The molecule has 3 amide bonds. The number of nitrogens with zero attached hydrogens (tertiary/aromatic N) is 2. The van der Waals surface area contributed by atoms with Gasteiger partial charge in [-0.3, -0.25) is 14.7 Å². The van der Waals surface area contributed by atoms with Crippen molar-refractivity contribution < 1.29 is 9.59 Å². The van der Waals surface area contributed by atoms with Crippen LogP contribution in [0.15, 0.2) is 36.0 Å². The molecule has 1 fully saturated rings. The lowest BCUT2D eigenvalue weighted by Gasteiger charge is -2.14. The highest BCUT2D eigenvalue weighted by Crippen LogP contribution is 2.20. The van der Waals surface area contributed by atoms with Crippen LogP contribution in [-0.2, 0) is 0 Å². The van der Waals surface area contributed by atoms with Gasteiger partial charge < -0.3 is 10.6 Å². The molecule has 0 bridgehead atoms. The number of hydrogen-bond acceptors (Lipinski definition) is 4. The Hall–Kier alpha value is -2.41. The van der Waals surface area contributed by atoms with Crippen LogP contribution in [-0.4, -0.2) is 30.0 Å². The maximum absolute atomic E-state index is 11.9. The molecule has 0 atom stereocenters. The molecule has 0 spiro atoms. The van der Waals surface area contributed by atoms with Crippen molar-refractivity contribution in [3.8, 4) is 0 Å². The molecule has 1 aliphatic heterocycles. The molecule has 2 N–H and O–H groups in total.